The number of hydrogen-bond acceptors (Lipinski definition) is 22. The highest BCUT2D eigenvalue weighted by molar-refractivity contribution is 6.34. The van der Waals surface area contributed by atoms with Crippen molar-refractivity contribution >= 4 is 147 Å². The molecule has 16 amide bonds. The molecule has 0 aliphatic carbocycles. The Hall–Kier alpha value is -11.0. The smallest absolute Gasteiger partial charge is 0.305 e. The third-order valence-corrected chi connectivity index (χ3v) is 23.6. The van der Waals surface area contributed by atoms with Crippen LogP contribution in [0.4, 0.5) is 11.4 Å². The molecule has 40 nitrogen and oxygen atoms in total. The average Bonchev–Trinajstić information content (AvgIpc) is 1.73. The van der Waals surface area contributed by atoms with Crippen molar-refractivity contribution in [1.29, 1.82) is 0 Å². The van der Waals surface area contributed by atoms with Gasteiger partial charge in [-0.2, -0.15) is 0 Å². The zero-order valence-corrected chi connectivity index (χ0v) is 84.3. The van der Waals surface area contributed by atoms with Crippen LogP contribution in [0.5, 0.6) is 0 Å². The number of unbranched alkanes of at least 4 members (excludes halogenated alkanes) is 8. The Balaban J connectivity index is 1.48. The quantitative estimate of drug-likeness (QED) is 0.0385. The molecular weight excluding hydrogens is 1810 g/mol. The maximum atomic E-state index is 15.0. The lowest BCUT2D eigenvalue weighted by molar-refractivity contribution is -0.144. The number of nitrogens with zero attached hydrogens (tertiary/aromatic N) is 2. The van der Waals surface area contributed by atoms with Gasteiger partial charge < -0.3 is 110 Å². The van der Waals surface area contributed by atoms with Crippen molar-refractivity contribution in [2.45, 2.75) is 330 Å². The summed E-state index contributed by atoms with van der Waals surface area (Å²) < 4.78 is 0. The largest absolute Gasteiger partial charge is 0.481 e. The number of likely N-dealkylation sites (tertiary alicyclic amines) is 2. The van der Waals surface area contributed by atoms with E-state index >= 15 is 0 Å². The monoisotopic (exact) mass is 1960 g/mol. The fourth-order valence-electron chi connectivity index (χ4n) is 15.6. The first-order valence-electron chi connectivity index (χ1n) is 47.7. The number of carbonyl (C=O) groups excluding carboxylic acids is 17. The molecule has 19 N–H and O–H groups in total. The summed E-state index contributed by atoms with van der Waals surface area (Å²) in [5, 5.41) is 66.1. The summed E-state index contributed by atoms with van der Waals surface area (Å²) in [6.45, 7) is 25.7. The van der Waals surface area contributed by atoms with Crippen LogP contribution in [0.2, 0.25) is 10.0 Å². The van der Waals surface area contributed by atoms with E-state index in [9.17, 15) is 101 Å². The lowest BCUT2D eigenvalue weighted by Crippen LogP contribution is -2.59. The number of anilines is 2. The lowest BCUT2D eigenvalue weighted by atomic mass is 9.84. The van der Waals surface area contributed by atoms with Gasteiger partial charge in [-0.3, -0.25) is 91.1 Å². The highest BCUT2D eigenvalue weighted by Gasteiger charge is 2.46. The van der Waals surface area contributed by atoms with E-state index in [2.05, 4.69) is 90.4 Å². The molecule has 2 aromatic rings. The highest BCUT2D eigenvalue weighted by Crippen LogP contribution is 2.32. The van der Waals surface area contributed by atoms with Gasteiger partial charge in [0.2, 0.25) is 82.7 Å². The van der Waals surface area contributed by atoms with E-state index in [0.29, 0.717) is 57.8 Å². The van der Waals surface area contributed by atoms with E-state index in [4.69, 9.17) is 23.2 Å². The maximum Gasteiger partial charge on any atom is 0.305 e. The summed E-state index contributed by atoms with van der Waals surface area (Å²) in [6.07, 6.45) is 6.82. The van der Waals surface area contributed by atoms with Crippen LogP contribution in [0.3, 0.4) is 0 Å². The zero-order chi connectivity index (χ0) is 103. The fraction of sp³-hybridized carbons (Fsp3) is 0.674. The average molecular weight is 1970 g/mol. The van der Waals surface area contributed by atoms with Gasteiger partial charge in [0, 0.05) is 48.3 Å². The summed E-state index contributed by atoms with van der Waals surface area (Å²) in [5.74, 6) is -14.4. The van der Waals surface area contributed by atoms with Crippen molar-refractivity contribution in [2.24, 2.45) is 16.2 Å². The van der Waals surface area contributed by atoms with Crippen molar-refractivity contribution in [2.75, 3.05) is 77.1 Å². The number of ketones is 1. The minimum Gasteiger partial charge on any atom is -0.481 e. The summed E-state index contributed by atoms with van der Waals surface area (Å²) in [7, 11) is 3.18. The number of benzene rings is 2. The number of halogens is 2. The summed E-state index contributed by atoms with van der Waals surface area (Å²) in [5.41, 5.74) is -2.74. The first-order chi connectivity index (χ1) is 64.3. The van der Waals surface area contributed by atoms with Crippen LogP contribution < -0.4 is 90.4 Å². The van der Waals surface area contributed by atoms with E-state index in [1.807, 2.05) is 41.5 Å². The Morgan fingerprint density at radius 2 is 0.715 bits per heavy atom. The van der Waals surface area contributed by atoms with Crippen LogP contribution in [-0.2, 0) is 81.5 Å². The second kappa shape index (κ2) is 58.0. The minimum atomic E-state index is -1.73. The number of amides is 16. The van der Waals surface area contributed by atoms with Crippen molar-refractivity contribution in [3.63, 3.8) is 0 Å². The molecule has 4 rings (SSSR count). The molecule has 0 radical (unpaired) electrons. The Morgan fingerprint density at radius 1 is 0.387 bits per heavy atom. The molecule has 2 heterocycles. The number of carboxylic acid groups (broad SMARTS) is 2. The Kier molecular flexibility index (Phi) is 50.1. The van der Waals surface area contributed by atoms with E-state index in [1.165, 1.54) is 46.2 Å². The molecule has 11 atom stereocenters. The normalized spacial score (nSPS) is 15.8. The first kappa shape index (κ1) is 118. The molecule has 2 aliphatic rings. The lowest BCUT2D eigenvalue weighted by Gasteiger charge is -2.35. The van der Waals surface area contributed by atoms with Crippen LogP contribution in [-0.4, -0.2) is 271 Å². The number of rotatable bonds is 58. The SMILES string of the molecule is CCCCCC(NC(=O)C(CCCCNC(=O)CNC(=O)[C@H](CC(=O)O)NC(=O)[C@@H]1CCCN1C(=O)[C@@H](NC(=O)c1ccc(NC(=O)CNC)c(Cl)c1)C(C)(C)C)NC(C)(C)C)C(=O)NC(CCCCNC(=O)CNC(=O)[C@H](CC(=O)O)NC(=O)[C@@H]1CCCN1C(=O)[C@@H](NC(=O)c1ccc(NC(=O)CNC)c(Cl)c1)C(C)(C)C)C(=O)NC(CCCCC)C(=O)NC(CCCCC)C(=O)C(C)(C)C. The van der Waals surface area contributed by atoms with Gasteiger partial charge in [0.25, 0.3) is 11.8 Å². The van der Waals surface area contributed by atoms with Crippen molar-refractivity contribution < 1.29 is 101 Å². The van der Waals surface area contributed by atoms with Crippen LogP contribution in [0, 0.1) is 16.2 Å². The second-order valence-corrected chi connectivity index (χ2v) is 40.0. The van der Waals surface area contributed by atoms with Gasteiger partial charge in [-0.1, -0.05) is 164 Å². The molecular formula is C95H151Cl2N19O21. The number of carboxylic acids is 2. The second-order valence-electron chi connectivity index (χ2n) is 39.2. The molecule has 2 aliphatic heterocycles. The van der Waals surface area contributed by atoms with Crippen molar-refractivity contribution in [1.82, 2.24) is 89.6 Å². The molecule has 0 bridgehead atoms. The summed E-state index contributed by atoms with van der Waals surface area (Å²) in [4.78, 5) is 263. The third kappa shape index (κ3) is 41.7. The van der Waals surface area contributed by atoms with E-state index in [1.54, 1.807) is 76.4 Å². The van der Waals surface area contributed by atoms with E-state index in [-0.39, 0.29) is 147 Å². The fourth-order valence-corrected chi connectivity index (χ4v) is 16.0. The molecule has 42 heteroatoms. The standard InChI is InChI=1S/C95H151Cl2N19O21/c1-18-21-24-33-62(79(125)94(10,11)12)106-84(130)63(34-25-22-19-2)107-86(132)65(36-27-29-44-100-71(117)54-102-82(128)67(50-75(121)122)110-88(134)69-38-31-46-115(69)90(136)77(92(4,5)6)112-80(126)56-40-42-60(58(96)48-56)104-73(119)52-98-16)108-85(131)64(35-26-23-20-3)109-87(133)66(114-95(13,14)15)37-28-30-45-101-72(118)55-103-83(129)68(51-76(123)124)111-89(135)70-39-32-47-116(70)91(137)78(93(7,8)9)113-81(127)57-41-43-61(59(97)49-57)105-74(120)53-99-17/h40-43,48-49,62-70,77-78,98-99,114H,18-39,44-47,50-55H2,1-17H3,(H,100,117)(H,101,118)(H,102,128)(H,103,129)(H,104,119)(H,105,120)(H,106,130)(H,107,132)(H,108,131)(H,109,133)(H,110,134)(H,111,135)(H,112,126)(H,113,127)(H,121,122)(H,123,124)/t62?,63?,64?,65?,66?,67-,68-,69-,70-,77+,78+/m0/s1. The molecule has 2 aromatic carbocycles. The van der Waals surface area contributed by atoms with Crippen LogP contribution in [0.1, 0.15) is 279 Å². The van der Waals surface area contributed by atoms with Crippen LogP contribution in [0.25, 0.3) is 0 Å². The molecule has 0 spiro atoms. The van der Waals surface area contributed by atoms with Crippen molar-refractivity contribution in [3.8, 4) is 0 Å². The molecule has 0 saturated carbocycles. The number of carbonyl (C=O) groups is 19. The predicted molar refractivity (Wildman–Crippen MR) is 518 cm³/mol. The minimum absolute atomic E-state index is 0.000360. The number of nitrogens with one attached hydrogen (secondary N) is 17. The van der Waals surface area contributed by atoms with E-state index in [0.717, 1.165) is 25.7 Å². The maximum absolute atomic E-state index is 15.0. The number of aliphatic carboxylic acids is 2. The van der Waals surface area contributed by atoms with Crippen molar-refractivity contribution in [3.05, 3.63) is 57.6 Å². The van der Waals surface area contributed by atoms with Crippen LogP contribution >= 0.6 is 23.2 Å². The van der Waals surface area contributed by atoms with Gasteiger partial charge in [0.15, 0.2) is 5.78 Å². The van der Waals surface area contributed by atoms with Gasteiger partial charge in [-0.25, -0.2) is 0 Å². The molecule has 0 aromatic heterocycles. The third-order valence-electron chi connectivity index (χ3n) is 23.0. The Labute approximate surface area is 814 Å². The number of Topliss-reactive ketones (excluding diaryl/α,β-unsaturated/α-hetero) is 1. The van der Waals surface area contributed by atoms with E-state index < -0.39 is 209 Å². The Morgan fingerprint density at radius 3 is 1.03 bits per heavy atom. The molecule has 5 unspecified atom stereocenters. The summed E-state index contributed by atoms with van der Waals surface area (Å²) >= 11 is 12.9. The van der Waals surface area contributed by atoms with Crippen LogP contribution in [0.15, 0.2) is 36.4 Å². The topological polar surface area (TPSA) is 576 Å². The predicted octanol–water partition coefficient (Wildman–Crippen LogP) is 5.06. The Bertz CT molecular complexity index is 4490. The highest BCUT2D eigenvalue weighted by atomic mass is 35.5. The zero-order valence-electron chi connectivity index (χ0n) is 82.7. The van der Waals surface area contributed by atoms with Gasteiger partial charge in [0.1, 0.15) is 54.4 Å². The molecule has 2 fully saturated rings. The first-order valence-corrected chi connectivity index (χ1v) is 48.4. The number of likely N-dealkylation sites (N-methyl/N-ethyl adjacent to an activating group) is 2. The van der Waals surface area contributed by atoms with Gasteiger partial charge in [-0.15, -0.1) is 0 Å². The molecule has 2 saturated heterocycles. The molecule has 766 valence electrons. The van der Waals surface area contributed by atoms with Gasteiger partial charge in [-0.05, 0) is 166 Å². The van der Waals surface area contributed by atoms with Gasteiger partial charge >= 0.3 is 11.9 Å². The number of hydrogen-bond donors (Lipinski definition) is 19. The van der Waals surface area contributed by atoms with Gasteiger partial charge in [0.05, 0.1) is 72.5 Å². The summed E-state index contributed by atoms with van der Waals surface area (Å²) in [6, 6.07) is -5.46. The molecule has 137 heavy (non-hydrogen) atoms.